The maximum absolute atomic E-state index is 5.31. The molecule has 0 fully saturated rings. The second kappa shape index (κ2) is 8.52. The van der Waals surface area contributed by atoms with Crippen LogP contribution in [-0.4, -0.2) is 19.0 Å². The van der Waals surface area contributed by atoms with E-state index in [9.17, 15) is 0 Å². The molecule has 2 N–H and O–H groups in total. The van der Waals surface area contributed by atoms with Gasteiger partial charge in [-0.1, -0.05) is 28.1 Å². The summed E-state index contributed by atoms with van der Waals surface area (Å²) in [6.45, 7) is 4.33. The summed E-state index contributed by atoms with van der Waals surface area (Å²) in [5, 5.41) is 6.56. The second-order valence-corrected chi connectivity index (χ2v) is 5.50. The summed E-state index contributed by atoms with van der Waals surface area (Å²) in [6, 6.07) is 12.1. The van der Waals surface area contributed by atoms with E-state index in [0.29, 0.717) is 6.54 Å². The average molecular weight is 350 g/mol. The predicted octanol–water partition coefficient (Wildman–Crippen LogP) is 3.34. The third-order valence-electron chi connectivity index (χ3n) is 2.90. The van der Waals surface area contributed by atoms with Crippen molar-refractivity contribution in [1.29, 1.82) is 0 Å². The van der Waals surface area contributed by atoms with Crippen LogP contribution in [0, 0.1) is 0 Å². The maximum Gasteiger partial charge on any atom is 0.191 e. The monoisotopic (exact) mass is 349 g/mol. The molecule has 2 rings (SSSR count). The summed E-state index contributed by atoms with van der Waals surface area (Å²) < 4.78 is 6.39. The van der Waals surface area contributed by atoms with Gasteiger partial charge in [-0.25, -0.2) is 4.99 Å². The minimum Gasteiger partial charge on any atom is -0.469 e. The minimum absolute atomic E-state index is 0.648. The molecule has 0 saturated carbocycles. The van der Waals surface area contributed by atoms with Crippen molar-refractivity contribution in [2.75, 3.05) is 13.1 Å². The summed E-state index contributed by atoms with van der Waals surface area (Å²) in [4.78, 5) is 4.59. The number of aliphatic imine (C=N–C) groups is 1. The van der Waals surface area contributed by atoms with Gasteiger partial charge in [-0.2, -0.15) is 0 Å². The molecule has 0 radical (unpaired) electrons. The summed E-state index contributed by atoms with van der Waals surface area (Å²) >= 11 is 3.47. The first kappa shape index (κ1) is 15.6. The van der Waals surface area contributed by atoms with E-state index in [0.717, 1.165) is 35.7 Å². The van der Waals surface area contributed by atoms with Crippen LogP contribution < -0.4 is 10.6 Å². The van der Waals surface area contributed by atoms with Gasteiger partial charge in [-0.15, -0.1) is 0 Å². The van der Waals surface area contributed by atoms with Gasteiger partial charge in [0.1, 0.15) is 5.76 Å². The zero-order valence-electron chi connectivity index (χ0n) is 12.1. The number of hydrogen-bond donors (Lipinski definition) is 2. The zero-order chi connectivity index (χ0) is 14.9. The van der Waals surface area contributed by atoms with Crippen molar-refractivity contribution in [3.8, 4) is 0 Å². The highest BCUT2D eigenvalue weighted by atomic mass is 79.9. The van der Waals surface area contributed by atoms with E-state index in [1.807, 2.05) is 24.3 Å². The Hall–Kier alpha value is -1.75. The number of halogens is 1. The molecule has 0 saturated heterocycles. The molecule has 0 amide bonds. The number of furan rings is 1. The summed E-state index contributed by atoms with van der Waals surface area (Å²) in [5.41, 5.74) is 1.17. The van der Waals surface area contributed by atoms with Crippen LogP contribution in [0.25, 0.3) is 0 Å². The first-order chi connectivity index (χ1) is 10.3. The molecule has 21 heavy (non-hydrogen) atoms. The van der Waals surface area contributed by atoms with Gasteiger partial charge in [0.05, 0.1) is 12.8 Å². The SMILES string of the molecule is CCNC(=NCc1cccc(Br)c1)NCCc1ccco1. The Labute approximate surface area is 133 Å². The van der Waals surface area contributed by atoms with Crippen molar-refractivity contribution in [2.24, 2.45) is 4.99 Å². The topological polar surface area (TPSA) is 49.6 Å². The largest absolute Gasteiger partial charge is 0.469 e. The summed E-state index contributed by atoms with van der Waals surface area (Å²) in [5.74, 6) is 1.80. The van der Waals surface area contributed by atoms with Crippen molar-refractivity contribution in [1.82, 2.24) is 10.6 Å². The first-order valence-corrected chi connectivity index (χ1v) is 7.86. The molecule has 0 unspecified atom stereocenters. The van der Waals surface area contributed by atoms with Gasteiger partial charge < -0.3 is 15.1 Å². The van der Waals surface area contributed by atoms with E-state index in [-0.39, 0.29) is 0 Å². The highest BCUT2D eigenvalue weighted by molar-refractivity contribution is 9.10. The lowest BCUT2D eigenvalue weighted by Crippen LogP contribution is -2.38. The molecular weight excluding hydrogens is 330 g/mol. The lowest BCUT2D eigenvalue weighted by Gasteiger charge is -2.10. The van der Waals surface area contributed by atoms with E-state index in [4.69, 9.17) is 4.42 Å². The molecule has 1 heterocycles. The van der Waals surface area contributed by atoms with E-state index in [1.165, 1.54) is 5.56 Å². The fourth-order valence-corrected chi connectivity index (χ4v) is 2.35. The Balaban J connectivity index is 1.86. The van der Waals surface area contributed by atoms with Crippen molar-refractivity contribution >= 4 is 21.9 Å². The van der Waals surface area contributed by atoms with Gasteiger partial charge in [0.15, 0.2) is 5.96 Å². The molecule has 1 aromatic carbocycles. The molecule has 0 aliphatic rings. The molecule has 0 aliphatic heterocycles. The van der Waals surface area contributed by atoms with E-state index >= 15 is 0 Å². The molecule has 0 aliphatic carbocycles. The third kappa shape index (κ3) is 5.63. The number of rotatable bonds is 6. The molecular formula is C16H20BrN3O. The van der Waals surface area contributed by atoms with Crippen LogP contribution in [-0.2, 0) is 13.0 Å². The van der Waals surface area contributed by atoms with Crippen LogP contribution in [0.4, 0.5) is 0 Å². The van der Waals surface area contributed by atoms with E-state index in [2.05, 4.69) is 50.6 Å². The molecule has 1 aromatic heterocycles. The molecule has 0 spiro atoms. The van der Waals surface area contributed by atoms with Crippen LogP contribution >= 0.6 is 15.9 Å². The van der Waals surface area contributed by atoms with E-state index < -0.39 is 0 Å². The van der Waals surface area contributed by atoms with Gasteiger partial charge >= 0.3 is 0 Å². The standard InChI is InChI=1S/C16H20BrN3O/c1-2-18-16(19-9-8-15-7-4-10-21-15)20-12-13-5-3-6-14(17)11-13/h3-7,10-11H,2,8-9,12H2,1H3,(H2,18,19,20). The molecule has 0 bridgehead atoms. The van der Waals surface area contributed by atoms with Gasteiger partial charge in [-0.05, 0) is 36.8 Å². The quantitative estimate of drug-likeness (QED) is 0.621. The highest BCUT2D eigenvalue weighted by Gasteiger charge is 2.00. The molecule has 2 aromatic rings. The highest BCUT2D eigenvalue weighted by Crippen LogP contribution is 2.12. The van der Waals surface area contributed by atoms with Crippen LogP contribution in [0.1, 0.15) is 18.2 Å². The minimum atomic E-state index is 0.648. The van der Waals surface area contributed by atoms with Crippen molar-refractivity contribution < 1.29 is 4.42 Å². The number of guanidine groups is 1. The van der Waals surface area contributed by atoms with Gasteiger partial charge in [0, 0.05) is 24.0 Å². The number of nitrogens with one attached hydrogen (secondary N) is 2. The van der Waals surface area contributed by atoms with Crippen LogP contribution in [0.15, 0.2) is 56.5 Å². The van der Waals surface area contributed by atoms with Crippen molar-refractivity contribution in [2.45, 2.75) is 19.9 Å². The lowest BCUT2D eigenvalue weighted by molar-refractivity contribution is 0.507. The zero-order valence-corrected chi connectivity index (χ0v) is 13.7. The molecule has 0 atom stereocenters. The first-order valence-electron chi connectivity index (χ1n) is 7.07. The fraction of sp³-hybridized carbons (Fsp3) is 0.312. The summed E-state index contributed by atoms with van der Waals surface area (Å²) in [7, 11) is 0. The van der Waals surface area contributed by atoms with Crippen LogP contribution in [0.3, 0.4) is 0 Å². The van der Waals surface area contributed by atoms with Crippen LogP contribution in [0.2, 0.25) is 0 Å². The smallest absolute Gasteiger partial charge is 0.191 e. The van der Waals surface area contributed by atoms with Gasteiger partial charge in [0.2, 0.25) is 0 Å². The van der Waals surface area contributed by atoms with Gasteiger partial charge in [-0.3, -0.25) is 0 Å². The second-order valence-electron chi connectivity index (χ2n) is 4.58. The van der Waals surface area contributed by atoms with Crippen molar-refractivity contribution in [3.63, 3.8) is 0 Å². The normalized spacial score (nSPS) is 11.4. The van der Waals surface area contributed by atoms with Crippen LogP contribution in [0.5, 0.6) is 0 Å². The Kier molecular flexibility index (Phi) is 6.34. The average Bonchev–Trinajstić information content (AvgIpc) is 2.98. The maximum atomic E-state index is 5.31. The molecule has 4 nitrogen and oxygen atoms in total. The number of benzene rings is 1. The lowest BCUT2D eigenvalue weighted by atomic mass is 10.2. The number of nitrogens with zero attached hydrogens (tertiary/aromatic N) is 1. The third-order valence-corrected chi connectivity index (χ3v) is 3.39. The number of hydrogen-bond acceptors (Lipinski definition) is 2. The Morgan fingerprint density at radius 1 is 1.24 bits per heavy atom. The molecule has 5 heteroatoms. The van der Waals surface area contributed by atoms with Crippen molar-refractivity contribution in [3.05, 3.63) is 58.5 Å². The Morgan fingerprint density at radius 2 is 2.14 bits per heavy atom. The Bertz CT molecular complexity index is 567. The fourth-order valence-electron chi connectivity index (χ4n) is 1.91. The Morgan fingerprint density at radius 3 is 2.86 bits per heavy atom. The summed E-state index contributed by atoms with van der Waals surface area (Å²) in [6.07, 6.45) is 2.54. The predicted molar refractivity (Wildman–Crippen MR) is 89.4 cm³/mol. The molecule has 112 valence electrons. The van der Waals surface area contributed by atoms with Gasteiger partial charge in [0.25, 0.3) is 0 Å². The van der Waals surface area contributed by atoms with E-state index in [1.54, 1.807) is 6.26 Å².